The second-order valence-corrected chi connectivity index (χ2v) is 16.6. The number of amides is 2. The molecule has 2 N–H and O–H groups in total. The van der Waals surface area contributed by atoms with E-state index in [-0.39, 0.29) is 11.8 Å². The molecule has 6 nitrogen and oxygen atoms in total. The Hall–Kier alpha value is -1.14. The van der Waals surface area contributed by atoms with Gasteiger partial charge in [0.2, 0.25) is 11.8 Å². The molecule has 0 saturated heterocycles. The minimum absolute atomic E-state index is 0.213. The van der Waals surface area contributed by atoms with Gasteiger partial charge in [-0.15, -0.1) is 0 Å². The lowest BCUT2D eigenvalue weighted by Crippen LogP contribution is -2.35. The number of nitrogens with zero attached hydrogens (tertiary/aromatic N) is 2. The number of carbonyl (C=O) groups excluding carboxylic acids is 2. The van der Waals surface area contributed by atoms with Crippen molar-refractivity contribution in [2.75, 3.05) is 47.4 Å². The molecule has 0 radical (unpaired) electrons. The van der Waals surface area contributed by atoms with Crippen molar-refractivity contribution in [3.63, 3.8) is 0 Å². The van der Waals surface area contributed by atoms with Gasteiger partial charge in [0, 0.05) is 25.9 Å². The fourth-order valence-electron chi connectivity index (χ4n) is 6.95. The average molecular weight is 751 g/mol. The van der Waals surface area contributed by atoms with E-state index in [2.05, 4.69) is 48.3 Å². The molecule has 2 amide bonds. The van der Waals surface area contributed by atoms with Crippen LogP contribution in [0.1, 0.15) is 245 Å². The van der Waals surface area contributed by atoms with Crippen molar-refractivity contribution < 1.29 is 9.59 Å². The molecule has 0 aliphatic carbocycles. The number of unbranched alkanes of at least 4 members (excludes halogenated alkanes) is 30. The highest BCUT2D eigenvalue weighted by Gasteiger charge is 2.03. The smallest absolute Gasteiger partial charge is 0.220 e. The summed E-state index contributed by atoms with van der Waals surface area (Å²) in [5.41, 5.74) is 0. The minimum atomic E-state index is 0.213. The van der Waals surface area contributed by atoms with Crippen LogP contribution >= 0.6 is 0 Å². The zero-order valence-corrected chi connectivity index (χ0v) is 37.3. The van der Waals surface area contributed by atoms with Gasteiger partial charge in [0.1, 0.15) is 0 Å². The van der Waals surface area contributed by atoms with Gasteiger partial charge < -0.3 is 15.5 Å². The van der Waals surface area contributed by atoms with Crippen LogP contribution < -0.4 is 10.6 Å². The number of nitrogens with one attached hydrogen (secondary N) is 2. The molecule has 53 heavy (non-hydrogen) atoms. The normalized spacial score (nSPS) is 11.2. The lowest BCUT2D eigenvalue weighted by molar-refractivity contribution is -0.122. The van der Waals surface area contributed by atoms with Crippen LogP contribution in [0.5, 0.6) is 0 Å². The number of hydrogen-bond acceptors (Lipinski definition) is 4. The van der Waals surface area contributed by atoms with Crippen LogP contribution in [0, 0.1) is 0 Å². The van der Waals surface area contributed by atoms with Crippen LogP contribution in [-0.4, -0.2) is 69.1 Å². The summed E-state index contributed by atoms with van der Waals surface area (Å²) in [4.78, 5) is 27.6. The van der Waals surface area contributed by atoms with E-state index in [1.807, 2.05) is 14.1 Å². The molecule has 0 aliphatic rings. The lowest BCUT2D eigenvalue weighted by Gasteiger charge is -2.16. The summed E-state index contributed by atoms with van der Waals surface area (Å²) in [5.74, 6) is 0.430. The van der Waals surface area contributed by atoms with Crippen LogP contribution in [0.3, 0.4) is 0 Å². The maximum atomic E-state index is 11.8. The van der Waals surface area contributed by atoms with Crippen molar-refractivity contribution in [3.8, 4) is 0 Å². The summed E-state index contributed by atoms with van der Waals surface area (Å²) in [7, 11) is 6.11. The topological polar surface area (TPSA) is 64.7 Å². The van der Waals surface area contributed by atoms with E-state index in [1.54, 1.807) is 0 Å². The first kappa shape index (κ1) is 54.0. The van der Waals surface area contributed by atoms with Crippen molar-refractivity contribution in [1.29, 1.82) is 0 Å². The fraction of sp³-hybridized carbons (Fsp3) is 0.957. The van der Waals surface area contributed by atoms with E-state index in [4.69, 9.17) is 0 Å². The molecule has 0 aromatic rings. The molecule has 0 spiro atoms. The van der Waals surface area contributed by atoms with E-state index in [0.717, 1.165) is 38.9 Å². The third-order valence-electron chi connectivity index (χ3n) is 10.5. The Morgan fingerprint density at radius 3 is 0.925 bits per heavy atom. The molecule has 0 heterocycles. The maximum absolute atomic E-state index is 11.8. The van der Waals surface area contributed by atoms with Crippen molar-refractivity contribution in [3.05, 3.63) is 0 Å². The third kappa shape index (κ3) is 50.9. The van der Waals surface area contributed by atoms with Gasteiger partial charge in [-0.3, -0.25) is 14.5 Å². The molecule has 0 unspecified atom stereocenters. The standard InChI is InChI=1S/C27H56N2O.C20H42N2O/c1-4-6-7-8-9-10-11-12-13-14-15-16-17-18-19-20-21-22-23-24-27(30)28-26-29(3)25-5-2;1-4-5-6-7-8-9-10-11-12-13-14-15-16-17-20(23)21-18-19-22(2)3/h4-26H2,1-3H3,(H,28,30);4-19H2,1-3H3,(H,21,23). The molecule has 318 valence electrons. The van der Waals surface area contributed by atoms with E-state index in [0.29, 0.717) is 19.5 Å². The predicted molar refractivity (Wildman–Crippen MR) is 236 cm³/mol. The highest BCUT2D eigenvalue weighted by atomic mass is 16.2. The van der Waals surface area contributed by atoms with Crippen LogP contribution in [0.15, 0.2) is 0 Å². The lowest BCUT2D eigenvalue weighted by atomic mass is 10.0. The van der Waals surface area contributed by atoms with Crippen molar-refractivity contribution in [1.82, 2.24) is 20.4 Å². The summed E-state index contributed by atoms with van der Waals surface area (Å²) in [6.07, 6.45) is 46.5. The van der Waals surface area contributed by atoms with Crippen molar-refractivity contribution in [2.45, 2.75) is 245 Å². The first-order valence-electron chi connectivity index (χ1n) is 23.7. The van der Waals surface area contributed by atoms with Gasteiger partial charge in [0.05, 0.1) is 6.67 Å². The molecule has 0 aromatic carbocycles. The molecule has 0 fully saturated rings. The van der Waals surface area contributed by atoms with Gasteiger partial charge in [0.25, 0.3) is 0 Å². The SMILES string of the molecule is CCCCCCCCCCCCCCCC(=O)NCCN(C)C.CCCCCCCCCCCCCCCCCCCCCC(=O)NCN(C)CCC. The van der Waals surface area contributed by atoms with Gasteiger partial charge >= 0.3 is 0 Å². The first-order chi connectivity index (χ1) is 25.9. The molecule has 0 atom stereocenters. The first-order valence-corrected chi connectivity index (χ1v) is 23.7. The second-order valence-electron chi connectivity index (χ2n) is 16.6. The number of likely N-dealkylation sites (N-methyl/N-ethyl adjacent to an activating group) is 1. The molecule has 0 saturated carbocycles. The van der Waals surface area contributed by atoms with Gasteiger partial charge in [0.15, 0.2) is 0 Å². The summed E-state index contributed by atoms with van der Waals surface area (Å²) >= 11 is 0. The molecule has 6 heteroatoms. The van der Waals surface area contributed by atoms with Crippen LogP contribution in [0.2, 0.25) is 0 Å². The largest absolute Gasteiger partial charge is 0.355 e. The Morgan fingerprint density at radius 2 is 0.642 bits per heavy atom. The Labute approximate surface area is 333 Å². The van der Waals surface area contributed by atoms with Crippen molar-refractivity contribution >= 4 is 11.8 Å². The van der Waals surface area contributed by atoms with Crippen LogP contribution in [-0.2, 0) is 9.59 Å². The van der Waals surface area contributed by atoms with E-state index in [1.165, 1.54) is 193 Å². The molecule has 0 aliphatic heterocycles. The van der Waals surface area contributed by atoms with E-state index < -0.39 is 0 Å². The molecule has 0 bridgehead atoms. The Balaban J connectivity index is 0. The Kier molecular flexibility index (Phi) is 47.9. The molecular formula is C47H98N4O2. The number of rotatable bonds is 41. The van der Waals surface area contributed by atoms with E-state index >= 15 is 0 Å². The van der Waals surface area contributed by atoms with Gasteiger partial charge in [-0.2, -0.15) is 0 Å². The van der Waals surface area contributed by atoms with E-state index in [9.17, 15) is 9.59 Å². The third-order valence-corrected chi connectivity index (χ3v) is 10.5. The minimum Gasteiger partial charge on any atom is -0.355 e. The van der Waals surface area contributed by atoms with Gasteiger partial charge in [-0.05, 0) is 47.0 Å². The van der Waals surface area contributed by atoms with Crippen LogP contribution in [0.25, 0.3) is 0 Å². The Morgan fingerprint density at radius 1 is 0.358 bits per heavy atom. The summed E-state index contributed by atoms with van der Waals surface area (Å²) in [6.45, 7) is 10.1. The molecular weight excluding hydrogens is 653 g/mol. The highest BCUT2D eigenvalue weighted by Crippen LogP contribution is 2.15. The quantitative estimate of drug-likeness (QED) is 0.0482. The Bertz CT molecular complexity index is 717. The zero-order chi connectivity index (χ0) is 39.3. The monoisotopic (exact) mass is 751 g/mol. The summed E-state index contributed by atoms with van der Waals surface area (Å²) in [6, 6.07) is 0. The van der Waals surface area contributed by atoms with Crippen molar-refractivity contribution in [2.24, 2.45) is 0 Å². The molecule has 0 aromatic heterocycles. The number of carbonyl (C=O) groups is 2. The maximum Gasteiger partial charge on any atom is 0.220 e. The highest BCUT2D eigenvalue weighted by molar-refractivity contribution is 5.76. The summed E-state index contributed by atoms with van der Waals surface area (Å²) in [5, 5.41) is 5.99. The fourth-order valence-corrected chi connectivity index (χ4v) is 6.95. The van der Waals surface area contributed by atoms with Gasteiger partial charge in [-0.1, -0.05) is 213 Å². The predicted octanol–water partition coefficient (Wildman–Crippen LogP) is 13.4. The zero-order valence-electron chi connectivity index (χ0n) is 37.3. The second kappa shape index (κ2) is 47.0. The van der Waals surface area contributed by atoms with Gasteiger partial charge in [-0.25, -0.2) is 0 Å². The average Bonchev–Trinajstić information content (AvgIpc) is 3.14. The summed E-state index contributed by atoms with van der Waals surface area (Å²) < 4.78 is 0. The molecule has 0 rings (SSSR count). The van der Waals surface area contributed by atoms with Crippen LogP contribution in [0.4, 0.5) is 0 Å². The number of hydrogen-bond donors (Lipinski definition) is 2.